The standard InChI is InChI=1S/C15H15BrClN3O/c1-20(9-11-5-2-3-6-12(11)16)10-14(21)19-13-7-4-8-18-15(13)17/h2-8H,9-10H2,1H3,(H,19,21)/p+1. The Balaban J connectivity index is 1.91. The summed E-state index contributed by atoms with van der Waals surface area (Å²) in [6.45, 7) is 1.11. The lowest BCUT2D eigenvalue weighted by Gasteiger charge is -2.15. The van der Waals surface area contributed by atoms with Gasteiger partial charge in [-0.2, -0.15) is 0 Å². The summed E-state index contributed by atoms with van der Waals surface area (Å²) < 4.78 is 1.06. The number of aromatic nitrogens is 1. The predicted octanol–water partition coefficient (Wildman–Crippen LogP) is 2.15. The number of nitrogens with zero attached hydrogens (tertiary/aromatic N) is 1. The van der Waals surface area contributed by atoms with Gasteiger partial charge < -0.3 is 10.2 Å². The molecule has 0 aliphatic carbocycles. The average Bonchev–Trinajstić information content (AvgIpc) is 2.44. The lowest BCUT2D eigenvalue weighted by molar-refractivity contribution is -0.885. The molecule has 0 spiro atoms. The topological polar surface area (TPSA) is 46.4 Å². The van der Waals surface area contributed by atoms with Gasteiger partial charge in [-0.15, -0.1) is 0 Å². The molecule has 110 valence electrons. The van der Waals surface area contributed by atoms with Gasteiger partial charge in [0, 0.05) is 16.2 Å². The lowest BCUT2D eigenvalue weighted by atomic mass is 10.2. The summed E-state index contributed by atoms with van der Waals surface area (Å²) in [5.74, 6) is -0.0885. The van der Waals surface area contributed by atoms with Crippen molar-refractivity contribution in [2.75, 3.05) is 18.9 Å². The number of hydrogen-bond donors (Lipinski definition) is 2. The van der Waals surface area contributed by atoms with E-state index < -0.39 is 0 Å². The summed E-state index contributed by atoms with van der Waals surface area (Å²) in [7, 11) is 1.98. The molecule has 0 saturated heterocycles. The van der Waals surface area contributed by atoms with E-state index in [-0.39, 0.29) is 5.91 Å². The van der Waals surface area contributed by atoms with Gasteiger partial charge in [-0.1, -0.05) is 45.7 Å². The highest BCUT2D eigenvalue weighted by Crippen LogP contribution is 2.17. The van der Waals surface area contributed by atoms with Gasteiger partial charge in [-0.25, -0.2) is 4.98 Å². The second-order valence-electron chi connectivity index (χ2n) is 4.79. The molecule has 4 nitrogen and oxygen atoms in total. The third-order valence-corrected chi connectivity index (χ3v) is 4.02. The Bertz CT molecular complexity index is 636. The van der Waals surface area contributed by atoms with E-state index >= 15 is 0 Å². The summed E-state index contributed by atoms with van der Waals surface area (Å²) in [6.07, 6.45) is 1.59. The van der Waals surface area contributed by atoms with Crippen LogP contribution >= 0.6 is 27.5 Å². The Morgan fingerprint density at radius 1 is 1.33 bits per heavy atom. The van der Waals surface area contributed by atoms with Crippen LogP contribution in [0.1, 0.15) is 5.56 Å². The Morgan fingerprint density at radius 2 is 2.10 bits per heavy atom. The molecule has 6 heteroatoms. The Kier molecular flexibility index (Phi) is 5.73. The zero-order valence-electron chi connectivity index (χ0n) is 11.6. The van der Waals surface area contributed by atoms with Crippen molar-refractivity contribution in [2.45, 2.75) is 6.54 Å². The maximum Gasteiger partial charge on any atom is 0.279 e. The molecule has 0 fully saturated rings. The quantitative estimate of drug-likeness (QED) is 0.793. The molecule has 0 saturated carbocycles. The molecule has 2 N–H and O–H groups in total. The van der Waals surface area contributed by atoms with E-state index in [1.165, 1.54) is 5.56 Å². The molecular weight excluding hydrogens is 354 g/mol. The number of anilines is 1. The number of likely N-dealkylation sites (N-methyl/N-ethyl adjacent to an activating group) is 1. The van der Waals surface area contributed by atoms with E-state index in [0.717, 1.165) is 15.9 Å². The molecule has 0 aliphatic heterocycles. The normalized spacial score (nSPS) is 12.0. The van der Waals surface area contributed by atoms with Crippen LogP contribution in [0.3, 0.4) is 0 Å². The summed E-state index contributed by atoms with van der Waals surface area (Å²) >= 11 is 9.43. The molecule has 1 heterocycles. The molecule has 0 aliphatic rings. The zero-order valence-corrected chi connectivity index (χ0v) is 13.9. The number of quaternary nitrogens is 1. The Morgan fingerprint density at radius 3 is 2.81 bits per heavy atom. The van der Waals surface area contributed by atoms with Gasteiger partial charge in [0.1, 0.15) is 6.54 Å². The summed E-state index contributed by atoms with van der Waals surface area (Å²) in [5, 5.41) is 3.08. The number of carbonyl (C=O) groups excluding carboxylic acids is 1. The number of amides is 1. The Hall–Kier alpha value is -1.43. The predicted molar refractivity (Wildman–Crippen MR) is 87.5 cm³/mol. The number of carbonyl (C=O) groups is 1. The maximum absolute atomic E-state index is 12.0. The molecule has 2 rings (SSSR count). The second kappa shape index (κ2) is 7.54. The van der Waals surface area contributed by atoms with Crippen molar-refractivity contribution in [3.63, 3.8) is 0 Å². The van der Waals surface area contributed by atoms with Crippen LogP contribution in [0.4, 0.5) is 5.69 Å². The number of hydrogen-bond acceptors (Lipinski definition) is 2. The van der Waals surface area contributed by atoms with Gasteiger partial charge in [-0.3, -0.25) is 4.79 Å². The molecule has 0 bridgehead atoms. The van der Waals surface area contributed by atoms with Crippen molar-refractivity contribution in [3.05, 3.63) is 57.8 Å². The van der Waals surface area contributed by atoms with Crippen LogP contribution in [0.5, 0.6) is 0 Å². The largest absolute Gasteiger partial charge is 0.326 e. The van der Waals surface area contributed by atoms with Crippen molar-refractivity contribution >= 4 is 39.1 Å². The first-order valence-electron chi connectivity index (χ1n) is 6.51. The van der Waals surface area contributed by atoms with Gasteiger partial charge in [-0.05, 0) is 18.2 Å². The molecule has 1 atom stereocenters. The van der Waals surface area contributed by atoms with Gasteiger partial charge in [0.15, 0.2) is 11.7 Å². The third-order valence-electron chi connectivity index (χ3n) is 2.95. The molecule has 0 radical (unpaired) electrons. The average molecular weight is 370 g/mol. The van der Waals surface area contributed by atoms with Crippen LogP contribution in [0.25, 0.3) is 0 Å². The first kappa shape index (κ1) is 15.9. The molecular formula is C15H16BrClN3O+. The van der Waals surface area contributed by atoms with Crippen LogP contribution < -0.4 is 10.2 Å². The first-order valence-corrected chi connectivity index (χ1v) is 7.68. The van der Waals surface area contributed by atoms with E-state index in [2.05, 4.69) is 26.2 Å². The van der Waals surface area contributed by atoms with Crippen molar-refractivity contribution in [3.8, 4) is 0 Å². The van der Waals surface area contributed by atoms with Crippen LogP contribution in [0.15, 0.2) is 47.1 Å². The summed E-state index contributed by atoms with van der Waals surface area (Å²) in [5.41, 5.74) is 1.71. The lowest BCUT2D eigenvalue weighted by Crippen LogP contribution is -3.08. The maximum atomic E-state index is 12.0. The monoisotopic (exact) mass is 368 g/mol. The molecule has 1 aromatic heterocycles. The highest BCUT2D eigenvalue weighted by molar-refractivity contribution is 9.10. The zero-order chi connectivity index (χ0) is 15.2. The minimum Gasteiger partial charge on any atom is -0.326 e. The van der Waals surface area contributed by atoms with Gasteiger partial charge in [0.05, 0.1) is 12.7 Å². The number of rotatable bonds is 5. The second-order valence-corrected chi connectivity index (χ2v) is 6.00. The number of benzene rings is 1. The van der Waals surface area contributed by atoms with E-state index in [1.807, 2.05) is 31.3 Å². The first-order chi connectivity index (χ1) is 10.1. The number of halogens is 2. The van der Waals surface area contributed by atoms with Crippen LogP contribution in [-0.4, -0.2) is 24.5 Å². The van der Waals surface area contributed by atoms with E-state index in [9.17, 15) is 4.79 Å². The van der Waals surface area contributed by atoms with Crippen molar-refractivity contribution in [2.24, 2.45) is 0 Å². The molecule has 1 amide bonds. The van der Waals surface area contributed by atoms with Gasteiger partial charge >= 0.3 is 0 Å². The molecule has 21 heavy (non-hydrogen) atoms. The minimum absolute atomic E-state index is 0.0885. The van der Waals surface area contributed by atoms with Crippen LogP contribution in [0, 0.1) is 0 Å². The number of pyridine rings is 1. The van der Waals surface area contributed by atoms with Gasteiger partial charge in [0.25, 0.3) is 5.91 Å². The van der Waals surface area contributed by atoms with Crippen molar-refractivity contribution in [1.29, 1.82) is 0 Å². The highest BCUT2D eigenvalue weighted by atomic mass is 79.9. The van der Waals surface area contributed by atoms with Gasteiger partial charge in [0.2, 0.25) is 0 Å². The van der Waals surface area contributed by atoms with Crippen molar-refractivity contribution < 1.29 is 9.69 Å². The van der Waals surface area contributed by atoms with Crippen LogP contribution in [0.2, 0.25) is 5.15 Å². The van der Waals surface area contributed by atoms with Crippen molar-refractivity contribution in [1.82, 2.24) is 4.98 Å². The minimum atomic E-state index is -0.0885. The summed E-state index contributed by atoms with van der Waals surface area (Å²) in [4.78, 5) is 17.0. The Labute approximate surface area is 137 Å². The fraction of sp³-hybridized carbons (Fsp3) is 0.200. The number of nitrogens with one attached hydrogen (secondary N) is 2. The highest BCUT2D eigenvalue weighted by Gasteiger charge is 2.13. The molecule has 2 aromatic rings. The van der Waals surface area contributed by atoms with Crippen LogP contribution in [-0.2, 0) is 11.3 Å². The van der Waals surface area contributed by atoms with E-state index in [1.54, 1.807) is 18.3 Å². The molecule has 1 aromatic carbocycles. The molecule has 1 unspecified atom stereocenters. The smallest absolute Gasteiger partial charge is 0.279 e. The SMILES string of the molecule is C[NH+](CC(=O)Nc1cccnc1Cl)Cc1ccccc1Br. The summed E-state index contributed by atoms with van der Waals surface area (Å²) in [6, 6.07) is 11.5. The fourth-order valence-corrected chi connectivity index (χ4v) is 2.57. The van der Waals surface area contributed by atoms with E-state index in [4.69, 9.17) is 11.6 Å². The fourth-order valence-electron chi connectivity index (χ4n) is 1.98. The third kappa shape index (κ3) is 4.81. The van der Waals surface area contributed by atoms with E-state index in [0.29, 0.717) is 17.4 Å².